The molecule has 0 radical (unpaired) electrons. The van der Waals surface area contributed by atoms with Crippen molar-refractivity contribution in [3.05, 3.63) is 83.7 Å². The maximum atomic E-state index is 13.0. The van der Waals surface area contributed by atoms with Crippen LogP contribution in [0.15, 0.2) is 72.0 Å². The van der Waals surface area contributed by atoms with E-state index in [0.717, 1.165) is 17.7 Å². The van der Waals surface area contributed by atoms with Crippen LogP contribution in [0.25, 0.3) is 0 Å². The second-order valence-corrected chi connectivity index (χ2v) is 7.63. The van der Waals surface area contributed by atoms with E-state index in [9.17, 15) is 4.79 Å². The molecule has 0 fully saturated rings. The summed E-state index contributed by atoms with van der Waals surface area (Å²) in [5.41, 5.74) is 3.48. The Morgan fingerprint density at radius 3 is 2.21 bits per heavy atom. The molecule has 2 N–H and O–H groups in total. The van der Waals surface area contributed by atoms with Crippen molar-refractivity contribution >= 4 is 17.6 Å². The highest BCUT2D eigenvalue weighted by atomic mass is 16.5. The van der Waals surface area contributed by atoms with Gasteiger partial charge >= 0.3 is 0 Å². The summed E-state index contributed by atoms with van der Waals surface area (Å²) in [5, 5.41) is 6.11. The van der Waals surface area contributed by atoms with Gasteiger partial charge in [-0.1, -0.05) is 26.0 Å². The molecule has 172 valence electrons. The maximum Gasteiger partial charge on any atom is 0.258 e. The van der Waals surface area contributed by atoms with Crippen LogP contribution in [0.2, 0.25) is 0 Å². The minimum Gasteiger partial charge on any atom is -0.497 e. The lowest BCUT2D eigenvalue weighted by atomic mass is 9.99. The van der Waals surface area contributed by atoms with Crippen LogP contribution in [0, 0.1) is 0 Å². The second-order valence-electron chi connectivity index (χ2n) is 7.63. The topological polar surface area (TPSA) is 84.8 Å². The smallest absolute Gasteiger partial charge is 0.258 e. The number of nitrogens with zero attached hydrogens (tertiary/aromatic N) is 2. The molecule has 0 saturated carbocycles. The van der Waals surface area contributed by atoms with Gasteiger partial charge in [0.05, 0.1) is 20.8 Å². The van der Waals surface area contributed by atoms with Gasteiger partial charge in [-0.15, -0.1) is 0 Å². The summed E-state index contributed by atoms with van der Waals surface area (Å²) in [7, 11) is 3.09. The average Bonchev–Trinajstić information content (AvgIpc) is 2.87. The predicted molar refractivity (Wildman–Crippen MR) is 131 cm³/mol. The summed E-state index contributed by atoms with van der Waals surface area (Å²) in [5.74, 6) is 1.56. The number of rotatable bonds is 8. The summed E-state index contributed by atoms with van der Waals surface area (Å²) in [4.78, 5) is 21.7. The van der Waals surface area contributed by atoms with Crippen molar-refractivity contribution in [1.82, 2.24) is 10.3 Å². The lowest BCUT2D eigenvalue weighted by Gasteiger charge is -2.14. The molecule has 3 rings (SSSR count). The first-order chi connectivity index (χ1) is 16.0. The van der Waals surface area contributed by atoms with Crippen LogP contribution in [0.3, 0.4) is 0 Å². The average molecular weight is 447 g/mol. The summed E-state index contributed by atoms with van der Waals surface area (Å²) in [6, 6.07) is 16.9. The van der Waals surface area contributed by atoms with Crippen molar-refractivity contribution in [2.24, 2.45) is 4.99 Å². The lowest BCUT2D eigenvalue weighted by Crippen LogP contribution is -2.36. The van der Waals surface area contributed by atoms with Gasteiger partial charge in [-0.2, -0.15) is 0 Å². The molecule has 0 saturated heterocycles. The van der Waals surface area contributed by atoms with Crippen molar-refractivity contribution in [2.45, 2.75) is 32.7 Å². The molecule has 1 heterocycles. The van der Waals surface area contributed by atoms with E-state index in [1.807, 2.05) is 24.3 Å². The summed E-state index contributed by atoms with van der Waals surface area (Å²) in [6.07, 6.45) is 4.50. The van der Waals surface area contributed by atoms with E-state index < -0.39 is 0 Å². The Bertz CT molecular complexity index is 1060. The number of methoxy groups -OCH3 is 2. The molecule has 1 aromatic heterocycles. The first-order valence-electron chi connectivity index (χ1n) is 10.9. The van der Waals surface area contributed by atoms with Crippen molar-refractivity contribution in [3.8, 4) is 11.5 Å². The molecule has 0 unspecified atom stereocenters. The fourth-order valence-corrected chi connectivity index (χ4v) is 3.15. The van der Waals surface area contributed by atoms with Gasteiger partial charge in [-0.05, 0) is 59.9 Å². The molecule has 1 atom stereocenters. The molecule has 0 aliphatic carbocycles. The second kappa shape index (κ2) is 11.7. The monoisotopic (exact) mass is 446 g/mol. The van der Waals surface area contributed by atoms with Gasteiger partial charge < -0.3 is 14.8 Å². The van der Waals surface area contributed by atoms with Gasteiger partial charge in [0, 0.05) is 29.7 Å². The third kappa shape index (κ3) is 6.80. The number of ether oxygens (including phenoxy) is 2. The summed E-state index contributed by atoms with van der Waals surface area (Å²) >= 11 is 0. The molecule has 2 aromatic carbocycles. The molecule has 0 aliphatic rings. The molecule has 3 aromatic rings. The van der Waals surface area contributed by atoms with Crippen molar-refractivity contribution in [2.75, 3.05) is 19.5 Å². The Balaban J connectivity index is 1.83. The number of aromatic nitrogens is 1. The Kier molecular flexibility index (Phi) is 8.41. The van der Waals surface area contributed by atoms with Gasteiger partial charge in [0.2, 0.25) is 5.96 Å². The predicted octanol–water partition coefficient (Wildman–Crippen LogP) is 5.01. The summed E-state index contributed by atoms with van der Waals surface area (Å²) in [6.45, 7) is 4.76. The number of carbonyl (C=O) groups excluding carboxylic acids is 1. The standard InChI is InChI=1S/C26H30N4O3/c1-5-18(2)20-6-8-22(9-7-20)29-26(28-17-19-10-12-27-13-11-19)30-25(31)21-14-23(32-3)16-24(15-21)33-4/h6-16,18H,5,17H2,1-4H3,(H2,28,29,30,31)/t18-/m0/s1. The van der Waals surface area contributed by atoms with Gasteiger partial charge in [0.1, 0.15) is 11.5 Å². The molecule has 7 heteroatoms. The molecule has 0 aliphatic heterocycles. The number of nitrogens with one attached hydrogen (secondary N) is 2. The van der Waals surface area contributed by atoms with E-state index in [-0.39, 0.29) is 5.91 Å². The van der Waals surface area contributed by atoms with Crippen molar-refractivity contribution in [1.29, 1.82) is 0 Å². The third-order valence-corrected chi connectivity index (χ3v) is 5.37. The van der Waals surface area contributed by atoms with Gasteiger partial charge in [0.25, 0.3) is 5.91 Å². The highest BCUT2D eigenvalue weighted by Crippen LogP contribution is 2.23. The van der Waals surface area contributed by atoms with E-state index in [4.69, 9.17) is 9.47 Å². The van der Waals surface area contributed by atoms with E-state index in [2.05, 4.69) is 46.6 Å². The zero-order chi connectivity index (χ0) is 23.6. The summed E-state index contributed by atoms with van der Waals surface area (Å²) < 4.78 is 10.6. The SMILES string of the molecule is CC[C@H](C)c1ccc(NC(=NCc2ccncc2)NC(=O)c2cc(OC)cc(OC)c2)cc1. The number of amides is 1. The fraction of sp³-hybridized carbons (Fsp3) is 0.269. The Morgan fingerprint density at radius 2 is 1.64 bits per heavy atom. The van der Waals surface area contributed by atoms with E-state index in [1.54, 1.807) is 44.8 Å². The molecular formula is C26H30N4O3. The van der Waals surface area contributed by atoms with Crippen LogP contribution in [-0.2, 0) is 6.54 Å². The zero-order valence-corrected chi connectivity index (χ0v) is 19.5. The fourth-order valence-electron chi connectivity index (χ4n) is 3.15. The number of hydrogen-bond acceptors (Lipinski definition) is 5. The van der Waals surface area contributed by atoms with Gasteiger partial charge in [-0.3, -0.25) is 15.1 Å². The van der Waals surface area contributed by atoms with Gasteiger partial charge in [-0.25, -0.2) is 4.99 Å². The van der Waals surface area contributed by atoms with Crippen LogP contribution < -0.4 is 20.1 Å². The minimum atomic E-state index is -0.329. The number of carbonyl (C=O) groups is 1. The molecule has 0 spiro atoms. The maximum absolute atomic E-state index is 13.0. The van der Waals surface area contributed by atoms with Crippen LogP contribution in [0.4, 0.5) is 5.69 Å². The quantitative estimate of drug-likeness (QED) is 0.375. The minimum absolute atomic E-state index is 0.329. The Morgan fingerprint density at radius 1 is 1.00 bits per heavy atom. The highest BCUT2D eigenvalue weighted by molar-refractivity contribution is 6.10. The molecule has 0 bridgehead atoms. The van der Waals surface area contributed by atoms with Crippen LogP contribution >= 0.6 is 0 Å². The molecule has 33 heavy (non-hydrogen) atoms. The Labute approximate surface area is 194 Å². The number of hydrogen-bond donors (Lipinski definition) is 2. The van der Waals surface area contributed by atoms with E-state index in [1.165, 1.54) is 5.56 Å². The number of guanidine groups is 1. The number of benzene rings is 2. The Hall–Kier alpha value is -3.87. The molecule has 7 nitrogen and oxygen atoms in total. The van der Waals surface area contributed by atoms with Crippen LogP contribution in [0.1, 0.15) is 47.7 Å². The van der Waals surface area contributed by atoms with E-state index >= 15 is 0 Å². The van der Waals surface area contributed by atoms with Crippen molar-refractivity contribution < 1.29 is 14.3 Å². The van der Waals surface area contributed by atoms with E-state index in [0.29, 0.717) is 35.5 Å². The third-order valence-electron chi connectivity index (χ3n) is 5.37. The number of anilines is 1. The lowest BCUT2D eigenvalue weighted by molar-refractivity contribution is 0.0976. The molecular weight excluding hydrogens is 416 g/mol. The number of aliphatic imine (C=N–C) groups is 1. The normalized spacial score (nSPS) is 12.1. The zero-order valence-electron chi connectivity index (χ0n) is 19.5. The van der Waals surface area contributed by atoms with Crippen LogP contribution in [-0.4, -0.2) is 31.1 Å². The largest absolute Gasteiger partial charge is 0.497 e. The first kappa shape index (κ1) is 23.8. The number of pyridine rings is 1. The van der Waals surface area contributed by atoms with Crippen molar-refractivity contribution in [3.63, 3.8) is 0 Å². The highest BCUT2D eigenvalue weighted by Gasteiger charge is 2.13. The van der Waals surface area contributed by atoms with Crippen LogP contribution in [0.5, 0.6) is 11.5 Å². The first-order valence-corrected chi connectivity index (χ1v) is 10.9. The molecule has 1 amide bonds. The van der Waals surface area contributed by atoms with Gasteiger partial charge in [0.15, 0.2) is 0 Å².